The molecule has 0 saturated carbocycles. The summed E-state index contributed by atoms with van der Waals surface area (Å²) in [7, 11) is 3.16. The van der Waals surface area contributed by atoms with Gasteiger partial charge in [-0.25, -0.2) is 0 Å². The van der Waals surface area contributed by atoms with Gasteiger partial charge in [0, 0.05) is 6.42 Å². The topological polar surface area (TPSA) is 66.0 Å². The van der Waals surface area contributed by atoms with Crippen molar-refractivity contribution in [3.63, 3.8) is 0 Å². The zero-order valence-electron chi connectivity index (χ0n) is 16.4. The van der Waals surface area contributed by atoms with Gasteiger partial charge in [-0.05, 0) is 48.0 Å². The summed E-state index contributed by atoms with van der Waals surface area (Å²) in [5, 5.41) is 2.97. The van der Waals surface area contributed by atoms with Gasteiger partial charge >= 0.3 is 0 Å². The van der Waals surface area contributed by atoms with E-state index in [2.05, 4.69) is 5.32 Å². The molecule has 1 heterocycles. The normalized spacial score (nSPS) is 14.6. The summed E-state index contributed by atoms with van der Waals surface area (Å²) in [6.07, 6.45) is 2.37. The van der Waals surface area contributed by atoms with Crippen LogP contribution >= 0.6 is 35.6 Å². The molecule has 0 radical (unpaired) electrons. The average molecular weight is 466 g/mol. The van der Waals surface area contributed by atoms with E-state index in [0.29, 0.717) is 45.4 Å². The van der Waals surface area contributed by atoms with E-state index in [9.17, 15) is 4.79 Å². The van der Waals surface area contributed by atoms with Crippen LogP contribution in [0.2, 0.25) is 5.02 Å². The number of thiocarbonyl (C=S) groups is 1. The molecule has 0 aromatic heterocycles. The summed E-state index contributed by atoms with van der Waals surface area (Å²) in [4.78, 5) is 12.3. The molecular weight excluding hydrogens is 446 g/mol. The summed E-state index contributed by atoms with van der Waals surface area (Å²) in [6.45, 7) is 0.891. The quantitative estimate of drug-likeness (QED) is 0.327. The molecule has 1 aliphatic rings. The molecule has 2 aromatic carbocycles. The molecule has 1 amide bonds. The van der Waals surface area contributed by atoms with Crippen LogP contribution in [0.15, 0.2) is 41.3 Å². The first-order chi connectivity index (χ1) is 14.5. The Morgan fingerprint density at radius 3 is 2.40 bits per heavy atom. The van der Waals surface area contributed by atoms with Crippen LogP contribution in [0.1, 0.15) is 12.0 Å². The van der Waals surface area contributed by atoms with Crippen molar-refractivity contribution in [3.05, 3.63) is 51.9 Å². The molecule has 0 spiro atoms. The third-order valence-corrected chi connectivity index (χ3v) is 5.50. The molecule has 0 unspecified atom stereocenters. The average Bonchev–Trinajstić information content (AvgIpc) is 3.05. The first-order valence-electron chi connectivity index (χ1n) is 9.02. The number of methoxy groups -OCH3 is 2. The van der Waals surface area contributed by atoms with E-state index < -0.39 is 0 Å². The lowest BCUT2D eigenvalue weighted by Gasteiger charge is -2.14. The van der Waals surface area contributed by atoms with Gasteiger partial charge in [-0.2, -0.15) is 0 Å². The van der Waals surface area contributed by atoms with Crippen molar-refractivity contribution in [1.29, 1.82) is 0 Å². The van der Waals surface area contributed by atoms with Crippen molar-refractivity contribution < 1.29 is 23.7 Å². The third kappa shape index (κ3) is 5.81. The standard InChI is InChI=1S/C21H20ClNO5S2/c1-25-14-4-6-15(7-5-14)27-8-3-9-28-19-16(22)10-13(11-17(19)26-2)12-18-20(24)23-21(29)30-18/h4-7,10-12H,3,8-9H2,1-2H3,(H,23,24,29)/b18-12+. The van der Waals surface area contributed by atoms with E-state index in [1.54, 1.807) is 25.3 Å². The Kier molecular flexibility index (Phi) is 7.84. The number of hydrogen-bond acceptors (Lipinski definition) is 7. The highest BCUT2D eigenvalue weighted by Gasteiger charge is 2.22. The van der Waals surface area contributed by atoms with E-state index in [-0.39, 0.29) is 5.91 Å². The fourth-order valence-electron chi connectivity index (χ4n) is 2.63. The molecule has 158 valence electrons. The lowest BCUT2D eigenvalue weighted by atomic mass is 10.2. The first kappa shape index (κ1) is 22.3. The molecule has 1 saturated heterocycles. The minimum atomic E-state index is -0.225. The Morgan fingerprint density at radius 2 is 1.77 bits per heavy atom. The number of carbonyl (C=O) groups is 1. The van der Waals surface area contributed by atoms with Crippen molar-refractivity contribution in [2.45, 2.75) is 6.42 Å². The maximum Gasteiger partial charge on any atom is 0.263 e. The smallest absolute Gasteiger partial charge is 0.263 e. The van der Waals surface area contributed by atoms with E-state index in [1.165, 1.54) is 18.9 Å². The molecule has 30 heavy (non-hydrogen) atoms. The van der Waals surface area contributed by atoms with Gasteiger partial charge in [-0.1, -0.05) is 35.6 Å². The molecule has 1 fully saturated rings. The highest BCUT2D eigenvalue weighted by Crippen LogP contribution is 2.38. The van der Waals surface area contributed by atoms with Gasteiger partial charge in [-0.15, -0.1) is 0 Å². The second-order valence-corrected chi connectivity index (χ2v) is 8.24. The molecular formula is C21H20ClNO5S2. The molecule has 0 atom stereocenters. The lowest BCUT2D eigenvalue weighted by molar-refractivity contribution is -0.115. The van der Waals surface area contributed by atoms with Crippen LogP contribution in [0.25, 0.3) is 6.08 Å². The van der Waals surface area contributed by atoms with Gasteiger partial charge in [0.2, 0.25) is 0 Å². The number of halogens is 1. The minimum Gasteiger partial charge on any atom is -0.497 e. The maximum absolute atomic E-state index is 11.8. The number of benzene rings is 2. The molecule has 2 aromatic rings. The van der Waals surface area contributed by atoms with E-state index in [4.69, 9.17) is 42.8 Å². The van der Waals surface area contributed by atoms with E-state index >= 15 is 0 Å². The predicted molar refractivity (Wildman–Crippen MR) is 123 cm³/mol. The summed E-state index contributed by atoms with van der Waals surface area (Å²) in [6, 6.07) is 10.9. The maximum atomic E-state index is 11.8. The van der Waals surface area contributed by atoms with E-state index in [1.807, 2.05) is 24.3 Å². The van der Waals surface area contributed by atoms with Crippen molar-refractivity contribution in [2.75, 3.05) is 27.4 Å². The summed E-state index contributed by atoms with van der Waals surface area (Å²) >= 11 is 12.6. The monoisotopic (exact) mass is 465 g/mol. The van der Waals surface area contributed by atoms with Crippen LogP contribution in [0.4, 0.5) is 0 Å². The Balaban J connectivity index is 1.57. The molecule has 3 rings (SSSR count). The van der Waals surface area contributed by atoms with Crippen LogP contribution in [0, 0.1) is 0 Å². The second kappa shape index (κ2) is 10.6. The van der Waals surface area contributed by atoms with Crippen LogP contribution in [-0.4, -0.2) is 37.7 Å². The zero-order valence-corrected chi connectivity index (χ0v) is 18.8. The number of nitrogens with one attached hydrogen (secondary N) is 1. The summed E-state index contributed by atoms with van der Waals surface area (Å²) < 4.78 is 22.5. The van der Waals surface area contributed by atoms with Gasteiger partial charge in [0.25, 0.3) is 5.91 Å². The largest absolute Gasteiger partial charge is 0.497 e. The Labute approximate surface area is 189 Å². The highest BCUT2D eigenvalue weighted by molar-refractivity contribution is 8.26. The molecule has 6 nitrogen and oxygen atoms in total. The Bertz CT molecular complexity index is 963. The number of carbonyl (C=O) groups excluding carboxylic acids is 1. The fraction of sp³-hybridized carbons (Fsp3) is 0.238. The van der Waals surface area contributed by atoms with E-state index in [0.717, 1.165) is 17.1 Å². The number of amides is 1. The molecule has 1 aliphatic heterocycles. The Hall–Kier alpha value is -2.42. The van der Waals surface area contributed by atoms with Gasteiger partial charge in [0.1, 0.15) is 15.8 Å². The zero-order chi connectivity index (χ0) is 21.5. The van der Waals surface area contributed by atoms with Crippen LogP contribution in [-0.2, 0) is 4.79 Å². The minimum absolute atomic E-state index is 0.225. The van der Waals surface area contributed by atoms with Crippen LogP contribution < -0.4 is 24.3 Å². The number of rotatable bonds is 9. The number of ether oxygens (including phenoxy) is 4. The molecule has 0 aliphatic carbocycles. The van der Waals surface area contributed by atoms with Crippen molar-refractivity contribution in [2.24, 2.45) is 0 Å². The molecule has 1 N–H and O–H groups in total. The number of thioether (sulfide) groups is 1. The second-order valence-electron chi connectivity index (χ2n) is 6.11. The molecule has 0 bridgehead atoms. The van der Waals surface area contributed by atoms with Gasteiger partial charge in [0.05, 0.1) is 37.4 Å². The predicted octanol–water partition coefficient (Wildman–Crippen LogP) is 4.69. The highest BCUT2D eigenvalue weighted by atomic mass is 35.5. The van der Waals surface area contributed by atoms with Crippen molar-refractivity contribution in [3.8, 4) is 23.0 Å². The van der Waals surface area contributed by atoms with Crippen molar-refractivity contribution >= 4 is 51.9 Å². The summed E-state index contributed by atoms with van der Waals surface area (Å²) in [5.41, 5.74) is 0.717. The van der Waals surface area contributed by atoms with Gasteiger partial charge < -0.3 is 24.3 Å². The van der Waals surface area contributed by atoms with Crippen LogP contribution in [0.3, 0.4) is 0 Å². The lowest BCUT2D eigenvalue weighted by Crippen LogP contribution is -2.17. The first-order valence-corrected chi connectivity index (χ1v) is 10.6. The number of hydrogen-bond donors (Lipinski definition) is 1. The van der Waals surface area contributed by atoms with Gasteiger partial charge in [0.15, 0.2) is 11.5 Å². The van der Waals surface area contributed by atoms with Gasteiger partial charge in [-0.3, -0.25) is 4.79 Å². The van der Waals surface area contributed by atoms with Crippen molar-refractivity contribution in [1.82, 2.24) is 5.32 Å². The summed E-state index contributed by atoms with van der Waals surface area (Å²) in [5.74, 6) is 2.25. The van der Waals surface area contributed by atoms with Crippen LogP contribution in [0.5, 0.6) is 23.0 Å². The Morgan fingerprint density at radius 1 is 1.07 bits per heavy atom. The third-order valence-electron chi connectivity index (χ3n) is 4.05. The molecule has 9 heteroatoms. The SMILES string of the molecule is COc1ccc(OCCCOc2c(Cl)cc(/C=C3/SC(=S)NC3=O)cc2OC)cc1. The fourth-order valence-corrected chi connectivity index (χ4v) is 3.95.